The molecule has 0 bridgehead atoms. The van der Waals surface area contributed by atoms with Crippen LogP contribution in [0.1, 0.15) is 16.7 Å². The van der Waals surface area contributed by atoms with E-state index < -0.39 is 0 Å². The summed E-state index contributed by atoms with van der Waals surface area (Å²) in [6, 6.07) is 7.83. The number of benzene rings is 1. The molecule has 0 amide bonds. The Balaban J connectivity index is 2.61. The molecular formula is C15H17NO. The number of rotatable bonds is 1. The van der Waals surface area contributed by atoms with E-state index in [4.69, 9.17) is 0 Å². The van der Waals surface area contributed by atoms with Gasteiger partial charge in [0, 0.05) is 19.3 Å². The number of nitrogens with zero attached hydrogens (tertiary/aromatic N) is 1. The Kier molecular flexibility index (Phi) is 2.88. The lowest BCUT2D eigenvalue weighted by atomic mass is 9.97. The average molecular weight is 227 g/mol. The van der Waals surface area contributed by atoms with Crippen molar-refractivity contribution in [2.24, 2.45) is 7.05 Å². The normalized spacial score (nSPS) is 10.6. The summed E-state index contributed by atoms with van der Waals surface area (Å²) in [5.41, 5.74) is 6.18. The molecule has 0 spiro atoms. The lowest BCUT2D eigenvalue weighted by molar-refractivity contribution is 0.862. The predicted molar refractivity (Wildman–Crippen MR) is 71.3 cm³/mol. The largest absolute Gasteiger partial charge is 0.318 e. The molecule has 1 aromatic carbocycles. The van der Waals surface area contributed by atoms with Crippen molar-refractivity contribution in [3.8, 4) is 11.1 Å². The third-order valence-corrected chi connectivity index (χ3v) is 3.35. The van der Waals surface area contributed by atoms with Crippen LogP contribution in [0, 0.1) is 20.8 Å². The second-order valence-corrected chi connectivity index (χ2v) is 4.60. The summed E-state index contributed by atoms with van der Waals surface area (Å²) in [6.07, 6.45) is 1.88. The first-order chi connectivity index (χ1) is 7.99. The molecule has 0 aliphatic carbocycles. The van der Waals surface area contributed by atoms with E-state index in [0.29, 0.717) is 0 Å². The van der Waals surface area contributed by atoms with Crippen molar-refractivity contribution in [2.75, 3.05) is 0 Å². The molecule has 0 atom stereocenters. The van der Waals surface area contributed by atoms with Gasteiger partial charge in [-0.25, -0.2) is 0 Å². The zero-order chi connectivity index (χ0) is 12.6. The zero-order valence-corrected chi connectivity index (χ0v) is 10.7. The Morgan fingerprint density at radius 2 is 1.53 bits per heavy atom. The molecule has 0 aliphatic rings. The maximum Gasteiger partial charge on any atom is 0.250 e. The van der Waals surface area contributed by atoms with Gasteiger partial charge in [0.1, 0.15) is 0 Å². The van der Waals surface area contributed by atoms with Gasteiger partial charge >= 0.3 is 0 Å². The van der Waals surface area contributed by atoms with Gasteiger partial charge in [-0.15, -0.1) is 0 Å². The zero-order valence-electron chi connectivity index (χ0n) is 10.7. The fourth-order valence-electron chi connectivity index (χ4n) is 1.97. The molecule has 0 saturated carbocycles. The van der Waals surface area contributed by atoms with E-state index in [0.717, 1.165) is 5.56 Å². The highest BCUT2D eigenvalue weighted by Crippen LogP contribution is 2.23. The van der Waals surface area contributed by atoms with Crippen molar-refractivity contribution in [3.63, 3.8) is 0 Å². The van der Waals surface area contributed by atoms with E-state index in [-0.39, 0.29) is 5.56 Å². The van der Waals surface area contributed by atoms with Gasteiger partial charge in [0.15, 0.2) is 0 Å². The van der Waals surface area contributed by atoms with Gasteiger partial charge in [-0.3, -0.25) is 4.79 Å². The highest BCUT2D eigenvalue weighted by Gasteiger charge is 2.04. The summed E-state index contributed by atoms with van der Waals surface area (Å²) in [5.74, 6) is 0. The maximum atomic E-state index is 11.4. The molecule has 0 aliphatic heterocycles. The molecule has 1 aromatic heterocycles. The average Bonchev–Trinajstić information content (AvgIpc) is 2.29. The van der Waals surface area contributed by atoms with E-state index in [2.05, 4.69) is 32.9 Å². The third kappa shape index (κ3) is 2.16. The number of pyridine rings is 1. The molecule has 88 valence electrons. The number of hydrogen-bond donors (Lipinski definition) is 0. The van der Waals surface area contributed by atoms with E-state index in [9.17, 15) is 4.79 Å². The van der Waals surface area contributed by atoms with Crippen LogP contribution in [0.5, 0.6) is 0 Å². The van der Waals surface area contributed by atoms with Gasteiger partial charge in [-0.2, -0.15) is 0 Å². The van der Waals surface area contributed by atoms with Crippen molar-refractivity contribution in [1.82, 2.24) is 4.57 Å². The van der Waals surface area contributed by atoms with E-state index in [1.807, 2.05) is 12.3 Å². The maximum absolute atomic E-state index is 11.4. The minimum atomic E-state index is 0.0225. The van der Waals surface area contributed by atoms with Crippen molar-refractivity contribution in [2.45, 2.75) is 20.8 Å². The number of hydrogen-bond acceptors (Lipinski definition) is 1. The van der Waals surface area contributed by atoms with Crippen LogP contribution >= 0.6 is 0 Å². The Hall–Kier alpha value is -1.83. The van der Waals surface area contributed by atoms with E-state index >= 15 is 0 Å². The molecule has 0 saturated heterocycles. The fourth-order valence-corrected chi connectivity index (χ4v) is 1.97. The van der Waals surface area contributed by atoms with Crippen molar-refractivity contribution >= 4 is 0 Å². The van der Waals surface area contributed by atoms with Gasteiger partial charge in [-0.05, 0) is 54.7 Å². The Morgan fingerprint density at radius 3 is 2.06 bits per heavy atom. The second kappa shape index (κ2) is 4.21. The molecule has 0 radical (unpaired) electrons. The predicted octanol–water partition coefficient (Wildman–Crippen LogP) is 2.98. The molecular weight excluding hydrogens is 210 g/mol. The van der Waals surface area contributed by atoms with Crippen LogP contribution in [-0.4, -0.2) is 4.57 Å². The van der Waals surface area contributed by atoms with Crippen LogP contribution in [0.3, 0.4) is 0 Å². The number of aromatic nitrogens is 1. The fraction of sp³-hybridized carbons (Fsp3) is 0.267. The standard InChI is InChI=1S/C15H17NO/c1-10-7-14(8-11(2)12(10)3)13-5-6-15(17)16(4)9-13/h5-9H,1-4H3. The molecule has 2 rings (SSSR count). The van der Waals surface area contributed by atoms with Crippen LogP contribution < -0.4 is 5.56 Å². The first-order valence-corrected chi connectivity index (χ1v) is 5.74. The summed E-state index contributed by atoms with van der Waals surface area (Å²) >= 11 is 0. The lowest BCUT2D eigenvalue weighted by Gasteiger charge is -2.10. The molecule has 0 unspecified atom stereocenters. The summed E-state index contributed by atoms with van der Waals surface area (Å²) < 4.78 is 1.61. The SMILES string of the molecule is Cc1cc(-c2ccc(=O)n(C)c2)cc(C)c1C. The molecule has 0 fully saturated rings. The lowest BCUT2D eigenvalue weighted by Crippen LogP contribution is -2.13. The Bertz CT molecular complexity index is 600. The summed E-state index contributed by atoms with van der Waals surface area (Å²) in [6.45, 7) is 6.37. The molecule has 17 heavy (non-hydrogen) atoms. The van der Waals surface area contributed by atoms with Gasteiger partial charge in [0.25, 0.3) is 0 Å². The Labute approximate surface area is 102 Å². The third-order valence-electron chi connectivity index (χ3n) is 3.35. The topological polar surface area (TPSA) is 22.0 Å². The Morgan fingerprint density at radius 1 is 0.941 bits per heavy atom. The minimum Gasteiger partial charge on any atom is -0.318 e. The second-order valence-electron chi connectivity index (χ2n) is 4.60. The van der Waals surface area contributed by atoms with Crippen LogP contribution in [0.15, 0.2) is 35.3 Å². The number of aryl methyl sites for hydroxylation is 3. The molecule has 2 nitrogen and oxygen atoms in total. The van der Waals surface area contributed by atoms with Crippen molar-refractivity contribution in [1.29, 1.82) is 0 Å². The molecule has 2 heteroatoms. The van der Waals surface area contributed by atoms with Crippen LogP contribution in [-0.2, 0) is 7.05 Å². The first kappa shape index (κ1) is 11.6. The quantitative estimate of drug-likeness (QED) is 0.734. The highest BCUT2D eigenvalue weighted by molar-refractivity contribution is 5.65. The monoisotopic (exact) mass is 227 g/mol. The first-order valence-electron chi connectivity index (χ1n) is 5.74. The highest BCUT2D eigenvalue weighted by atomic mass is 16.1. The smallest absolute Gasteiger partial charge is 0.250 e. The molecule has 2 aromatic rings. The summed E-state index contributed by atoms with van der Waals surface area (Å²) in [4.78, 5) is 11.4. The van der Waals surface area contributed by atoms with E-state index in [1.165, 1.54) is 22.3 Å². The van der Waals surface area contributed by atoms with Gasteiger partial charge < -0.3 is 4.57 Å². The molecule has 0 N–H and O–H groups in total. The summed E-state index contributed by atoms with van der Waals surface area (Å²) in [5, 5.41) is 0. The van der Waals surface area contributed by atoms with Gasteiger partial charge in [-0.1, -0.05) is 12.1 Å². The van der Waals surface area contributed by atoms with Crippen molar-refractivity contribution < 1.29 is 0 Å². The van der Waals surface area contributed by atoms with Gasteiger partial charge in [0.05, 0.1) is 0 Å². The summed E-state index contributed by atoms with van der Waals surface area (Å²) in [7, 11) is 1.78. The van der Waals surface area contributed by atoms with Crippen LogP contribution in [0.2, 0.25) is 0 Å². The molecule has 1 heterocycles. The minimum absolute atomic E-state index is 0.0225. The van der Waals surface area contributed by atoms with Crippen LogP contribution in [0.4, 0.5) is 0 Å². The van der Waals surface area contributed by atoms with E-state index in [1.54, 1.807) is 17.7 Å². The van der Waals surface area contributed by atoms with Crippen molar-refractivity contribution in [3.05, 3.63) is 57.5 Å². The van der Waals surface area contributed by atoms with Gasteiger partial charge in [0.2, 0.25) is 5.56 Å². The van der Waals surface area contributed by atoms with Crippen LogP contribution in [0.25, 0.3) is 11.1 Å².